The Morgan fingerprint density at radius 1 is 0.933 bits per heavy atom. The summed E-state index contributed by atoms with van der Waals surface area (Å²) in [5, 5.41) is 3.26. The average Bonchev–Trinajstić information content (AvgIpc) is 3.33. The predicted molar refractivity (Wildman–Crippen MR) is 118 cm³/mol. The van der Waals surface area contributed by atoms with Gasteiger partial charge in [0.2, 0.25) is 5.91 Å². The van der Waals surface area contributed by atoms with Crippen molar-refractivity contribution in [2.45, 2.75) is 25.5 Å². The maximum atomic E-state index is 12.8. The zero-order valence-electron chi connectivity index (χ0n) is 17.0. The molecule has 7 heteroatoms. The highest BCUT2D eigenvalue weighted by atomic mass is 35.5. The number of nitrogens with one attached hydrogen (secondary N) is 1. The van der Waals surface area contributed by atoms with Crippen LogP contribution in [0.25, 0.3) is 0 Å². The van der Waals surface area contributed by atoms with Gasteiger partial charge in [-0.1, -0.05) is 30.3 Å². The Morgan fingerprint density at radius 3 is 2.23 bits per heavy atom. The summed E-state index contributed by atoms with van der Waals surface area (Å²) in [6.45, 7) is 3.76. The molecule has 2 heterocycles. The Kier molecular flexibility index (Phi) is 7.71. The Bertz CT molecular complexity index is 831. The molecule has 6 nitrogen and oxygen atoms in total. The van der Waals surface area contributed by atoms with Crippen molar-refractivity contribution in [3.05, 3.63) is 65.7 Å². The van der Waals surface area contributed by atoms with E-state index in [0.717, 1.165) is 30.7 Å². The van der Waals surface area contributed by atoms with E-state index in [-0.39, 0.29) is 30.3 Å². The molecule has 0 spiro atoms. The standard InChI is InChI=1S/C23H27N3O3.ClH/c27-22(25-13-15-26(16-14-25)23(28)21-7-4-12-24-21)19-8-10-20(11-9-19)29-17-18-5-2-1-3-6-18;/h1-3,5-6,8-11,21,24H,4,7,12-17H2;1H. The van der Waals surface area contributed by atoms with Crippen LogP contribution in [0.1, 0.15) is 28.8 Å². The van der Waals surface area contributed by atoms with Crippen LogP contribution < -0.4 is 10.1 Å². The second kappa shape index (κ2) is 10.5. The first-order valence-corrected chi connectivity index (χ1v) is 10.3. The van der Waals surface area contributed by atoms with Crippen LogP contribution in [0.4, 0.5) is 0 Å². The zero-order chi connectivity index (χ0) is 20.1. The molecular weight excluding hydrogens is 402 g/mol. The average molecular weight is 430 g/mol. The van der Waals surface area contributed by atoms with E-state index in [1.54, 1.807) is 0 Å². The van der Waals surface area contributed by atoms with Gasteiger partial charge in [-0.15, -0.1) is 12.4 Å². The molecule has 0 bridgehead atoms. The maximum absolute atomic E-state index is 12.8. The molecule has 30 heavy (non-hydrogen) atoms. The van der Waals surface area contributed by atoms with Crippen molar-refractivity contribution >= 4 is 24.2 Å². The molecule has 0 aromatic heterocycles. The quantitative estimate of drug-likeness (QED) is 0.793. The number of halogens is 1. The summed E-state index contributed by atoms with van der Waals surface area (Å²) in [7, 11) is 0. The minimum Gasteiger partial charge on any atom is -0.489 e. The molecule has 2 aliphatic heterocycles. The number of amides is 2. The predicted octanol–water partition coefficient (Wildman–Crippen LogP) is 2.72. The molecule has 2 aromatic rings. The van der Waals surface area contributed by atoms with E-state index in [9.17, 15) is 9.59 Å². The van der Waals surface area contributed by atoms with E-state index in [4.69, 9.17) is 4.74 Å². The van der Waals surface area contributed by atoms with Gasteiger partial charge in [0.15, 0.2) is 0 Å². The Morgan fingerprint density at radius 2 is 1.60 bits per heavy atom. The summed E-state index contributed by atoms with van der Waals surface area (Å²) in [4.78, 5) is 29.0. The third-order valence-electron chi connectivity index (χ3n) is 5.59. The fourth-order valence-electron chi connectivity index (χ4n) is 3.86. The summed E-state index contributed by atoms with van der Waals surface area (Å²) < 4.78 is 5.79. The van der Waals surface area contributed by atoms with Crippen molar-refractivity contribution in [3.63, 3.8) is 0 Å². The lowest BCUT2D eigenvalue weighted by Crippen LogP contribution is -2.54. The van der Waals surface area contributed by atoms with Crippen LogP contribution in [0, 0.1) is 0 Å². The van der Waals surface area contributed by atoms with Crippen LogP contribution in [0.15, 0.2) is 54.6 Å². The number of piperazine rings is 1. The van der Waals surface area contributed by atoms with Crippen LogP contribution in [0.3, 0.4) is 0 Å². The lowest BCUT2D eigenvalue weighted by Gasteiger charge is -2.36. The Hall–Kier alpha value is -2.57. The molecule has 2 saturated heterocycles. The second-order valence-corrected chi connectivity index (χ2v) is 7.57. The van der Waals surface area contributed by atoms with E-state index >= 15 is 0 Å². The SMILES string of the molecule is Cl.O=C(c1ccc(OCc2ccccc2)cc1)N1CCN(C(=O)C2CCCN2)CC1. The van der Waals surface area contributed by atoms with E-state index in [2.05, 4.69) is 5.32 Å². The van der Waals surface area contributed by atoms with Gasteiger partial charge in [-0.2, -0.15) is 0 Å². The number of hydrogen-bond acceptors (Lipinski definition) is 4. The van der Waals surface area contributed by atoms with Crippen LogP contribution in [-0.2, 0) is 11.4 Å². The number of nitrogens with zero attached hydrogens (tertiary/aromatic N) is 2. The minimum atomic E-state index is -0.0410. The lowest BCUT2D eigenvalue weighted by molar-refractivity contribution is -0.134. The first-order chi connectivity index (χ1) is 14.2. The lowest BCUT2D eigenvalue weighted by atomic mass is 10.1. The summed E-state index contributed by atoms with van der Waals surface area (Å²) >= 11 is 0. The molecular formula is C23H28ClN3O3. The number of ether oxygens (including phenoxy) is 1. The molecule has 4 rings (SSSR count). The van der Waals surface area contributed by atoms with E-state index in [0.29, 0.717) is 38.3 Å². The van der Waals surface area contributed by atoms with Gasteiger partial charge in [0, 0.05) is 31.7 Å². The fraction of sp³-hybridized carbons (Fsp3) is 0.391. The molecule has 1 unspecified atom stereocenters. The van der Waals surface area contributed by atoms with Crippen LogP contribution in [-0.4, -0.2) is 60.4 Å². The van der Waals surface area contributed by atoms with Gasteiger partial charge < -0.3 is 19.9 Å². The fourth-order valence-corrected chi connectivity index (χ4v) is 3.86. The van der Waals surface area contributed by atoms with Crippen molar-refractivity contribution in [1.29, 1.82) is 0 Å². The highest BCUT2D eigenvalue weighted by molar-refractivity contribution is 5.94. The number of hydrogen-bond donors (Lipinski definition) is 1. The largest absolute Gasteiger partial charge is 0.489 e. The van der Waals surface area contributed by atoms with Crippen LogP contribution in [0.2, 0.25) is 0 Å². The highest BCUT2D eigenvalue weighted by Gasteiger charge is 2.30. The van der Waals surface area contributed by atoms with E-state index < -0.39 is 0 Å². The second-order valence-electron chi connectivity index (χ2n) is 7.57. The number of rotatable bonds is 5. The van der Waals surface area contributed by atoms with Crippen molar-refractivity contribution < 1.29 is 14.3 Å². The van der Waals surface area contributed by atoms with Crippen LogP contribution in [0.5, 0.6) is 5.75 Å². The van der Waals surface area contributed by atoms with Gasteiger partial charge in [0.1, 0.15) is 12.4 Å². The van der Waals surface area contributed by atoms with Gasteiger partial charge in [-0.05, 0) is 49.2 Å². The monoisotopic (exact) mass is 429 g/mol. The number of benzene rings is 2. The van der Waals surface area contributed by atoms with E-state index in [1.165, 1.54) is 0 Å². The molecule has 0 radical (unpaired) electrons. The molecule has 160 valence electrons. The Balaban J connectivity index is 0.00000256. The van der Waals surface area contributed by atoms with Crippen molar-refractivity contribution in [2.75, 3.05) is 32.7 Å². The summed E-state index contributed by atoms with van der Waals surface area (Å²) in [5.41, 5.74) is 1.75. The first-order valence-electron chi connectivity index (χ1n) is 10.3. The molecule has 0 saturated carbocycles. The first kappa shape index (κ1) is 22.1. The molecule has 2 aliphatic rings. The normalized spacial score (nSPS) is 18.6. The van der Waals surface area contributed by atoms with Gasteiger partial charge in [0.05, 0.1) is 6.04 Å². The molecule has 2 aromatic carbocycles. The molecule has 1 N–H and O–H groups in total. The van der Waals surface area contributed by atoms with Crippen molar-refractivity contribution in [1.82, 2.24) is 15.1 Å². The Labute approximate surface area is 183 Å². The number of carbonyl (C=O) groups is 2. The smallest absolute Gasteiger partial charge is 0.253 e. The van der Waals surface area contributed by atoms with Gasteiger partial charge in [0.25, 0.3) is 5.91 Å². The minimum absolute atomic E-state index is 0. The molecule has 2 fully saturated rings. The topological polar surface area (TPSA) is 61.9 Å². The summed E-state index contributed by atoms with van der Waals surface area (Å²) in [6.07, 6.45) is 1.97. The zero-order valence-corrected chi connectivity index (χ0v) is 17.8. The third kappa shape index (κ3) is 5.32. The summed E-state index contributed by atoms with van der Waals surface area (Å²) in [5.74, 6) is 0.921. The van der Waals surface area contributed by atoms with Gasteiger partial charge in [-0.3, -0.25) is 9.59 Å². The van der Waals surface area contributed by atoms with Gasteiger partial charge >= 0.3 is 0 Å². The highest BCUT2D eigenvalue weighted by Crippen LogP contribution is 2.17. The molecule has 0 aliphatic carbocycles. The summed E-state index contributed by atoms with van der Waals surface area (Å²) in [6, 6.07) is 17.2. The van der Waals surface area contributed by atoms with Crippen LogP contribution >= 0.6 is 12.4 Å². The van der Waals surface area contributed by atoms with Crippen molar-refractivity contribution in [2.24, 2.45) is 0 Å². The molecule has 2 amide bonds. The molecule has 1 atom stereocenters. The maximum Gasteiger partial charge on any atom is 0.253 e. The number of carbonyl (C=O) groups excluding carboxylic acids is 2. The van der Waals surface area contributed by atoms with E-state index in [1.807, 2.05) is 64.4 Å². The van der Waals surface area contributed by atoms with Gasteiger partial charge in [-0.25, -0.2) is 0 Å². The van der Waals surface area contributed by atoms with Crippen molar-refractivity contribution in [3.8, 4) is 5.75 Å². The third-order valence-corrected chi connectivity index (χ3v) is 5.59.